The first-order valence-corrected chi connectivity index (χ1v) is 5.38. The van der Waals surface area contributed by atoms with Crippen molar-refractivity contribution in [2.24, 2.45) is 12.8 Å². The van der Waals surface area contributed by atoms with Crippen molar-refractivity contribution >= 4 is 0 Å². The Hall–Kier alpha value is -1.68. The molecule has 0 fully saturated rings. The summed E-state index contributed by atoms with van der Waals surface area (Å²) in [6.45, 7) is 2.66. The first kappa shape index (κ1) is 10.8. The number of rotatable bonds is 3. The van der Waals surface area contributed by atoms with E-state index in [-0.39, 0.29) is 0 Å². The van der Waals surface area contributed by atoms with E-state index in [1.165, 1.54) is 5.56 Å². The highest BCUT2D eigenvalue weighted by Gasteiger charge is 2.09. The summed E-state index contributed by atoms with van der Waals surface area (Å²) < 4.78 is 1.80. The molecule has 0 aliphatic rings. The largest absolute Gasteiger partial charge is 0.330 e. The van der Waals surface area contributed by atoms with E-state index >= 15 is 0 Å². The maximum atomic E-state index is 5.53. The maximum Gasteiger partial charge on any atom is 0.181 e. The highest BCUT2D eigenvalue weighted by Crippen LogP contribution is 2.19. The average Bonchev–Trinajstić information content (AvgIpc) is 2.61. The Labute approximate surface area is 95.1 Å². The molecule has 16 heavy (non-hydrogen) atoms. The second-order valence-electron chi connectivity index (χ2n) is 3.83. The minimum atomic E-state index is 0.597. The van der Waals surface area contributed by atoms with Crippen LogP contribution in [0.3, 0.4) is 0 Å². The van der Waals surface area contributed by atoms with Gasteiger partial charge in [0.05, 0.1) is 0 Å². The van der Waals surface area contributed by atoms with Crippen molar-refractivity contribution in [1.82, 2.24) is 14.8 Å². The number of hydrogen-bond donors (Lipinski definition) is 1. The molecule has 0 atom stereocenters. The van der Waals surface area contributed by atoms with Crippen LogP contribution in [0.2, 0.25) is 0 Å². The van der Waals surface area contributed by atoms with Gasteiger partial charge in [-0.2, -0.15) is 5.10 Å². The van der Waals surface area contributed by atoms with Gasteiger partial charge in [0.2, 0.25) is 0 Å². The van der Waals surface area contributed by atoms with Gasteiger partial charge < -0.3 is 5.73 Å². The van der Waals surface area contributed by atoms with E-state index < -0.39 is 0 Å². The number of hydrogen-bond acceptors (Lipinski definition) is 3. The normalized spacial score (nSPS) is 10.7. The lowest BCUT2D eigenvalue weighted by Crippen LogP contribution is -2.08. The Morgan fingerprint density at radius 1 is 1.31 bits per heavy atom. The Kier molecular flexibility index (Phi) is 3.01. The number of nitrogens with two attached hydrogens (primary N) is 1. The van der Waals surface area contributed by atoms with E-state index in [2.05, 4.69) is 23.1 Å². The molecule has 1 aromatic heterocycles. The summed E-state index contributed by atoms with van der Waals surface area (Å²) in [5, 5.41) is 4.41. The Bertz CT molecular complexity index is 488. The zero-order chi connectivity index (χ0) is 11.5. The molecule has 0 unspecified atom stereocenters. The van der Waals surface area contributed by atoms with Gasteiger partial charge in [0, 0.05) is 19.0 Å². The second-order valence-corrected chi connectivity index (χ2v) is 3.83. The Morgan fingerprint density at radius 2 is 2.06 bits per heavy atom. The molecular formula is C12H16N4. The van der Waals surface area contributed by atoms with Crippen LogP contribution in [0, 0.1) is 6.92 Å². The second kappa shape index (κ2) is 4.45. The quantitative estimate of drug-likeness (QED) is 0.841. The fourth-order valence-corrected chi connectivity index (χ4v) is 1.70. The van der Waals surface area contributed by atoms with Gasteiger partial charge in [0.25, 0.3) is 0 Å². The Morgan fingerprint density at radius 3 is 2.75 bits per heavy atom. The van der Waals surface area contributed by atoms with E-state index in [1.807, 2.05) is 25.2 Å². The molecule has 0 aliphatic carbocycles. The molecule has 1 heterocycles. The van der Waals surface area contributed by atoms with Crippen molar-refractivity contribution in [3.05, 3.63) is 35.7 Å². The molecule has 0 saturated carbocycles. The summed E-state index contributed by atoms with van der Waals surface area (Å²) in [5.41, 5.74) is 7.80. The van der Waals surface area contributed by atoms with E-state index in [4.69, 9.17) is 5.73 Å². The first-order valence-electron chi connectivity index (χ1n) is 5.38. The molecule has 0 bridgehead atoms. The first-order chi connectivity index (χ1) is 7.72. The van der Waals surface area contributed by atoms with Crippen LogP contribution in [0.15, 0.2) is 24.3 Å². The van der Waals surface area contributed by atoms with Gasteiger partial charge in [-0.3, -0.25) is 4.68 Å². The van der Waals surface area contributed by atoms with Crippen LogP contribution in [0.1, 0.15) is 11.4 Å². The number of aromatic nitrogens is 3. The van der Waals surface area contributed by atoms with Crippen LogP contribution >= 0.6 is 0 Å². The molecule has 0 radical (unpaired) electrons. The van der Waals surface area contributed by atoms with Crippen LogP contribution in [0.5, 0.6) is 0 Å². The molecule has 4 heteroatoms. The van der Waals surface area contributed by atoms with Crippen LogP contribution in [0.25, 0.3) is 11.4 Å². The summed E-state index contributed by atoms with van der Waals surface area (Å²) in [6.07, 6.45) is 0.759. The fourth-order valence-electron chi connectivity index (χ4n) is 1.70. The van der Waals surface area contributed by atoms with Gasteiger partial charge in [0.1, 0.15) is 5.82 Å². The lowest BCUT2D eigenvalue weighted by Gasteiger charge is -1.98. The standard InChI is InChI=1S/C12H16N4/c1-9-5-3-4-6-10(9)12-14-11(7-8-13)16(2)15-12/h3-6H,7-8,13H2,1-2H3. The van der Waals surface area contributed by atoms with Gasteiger partial charge in [0.15, 0.2) is 5.82 Å². The van der Waals surface area contributed by atoms with Crippen LogP contribution in [-0.4, -0.2) is 21.3 Å². The summed E-state index contributed by atoms with van der Waals surface area (Å²) in [4.78, 5) is 4.50. The van der Waals surface area contributed by atoms with Gasteiger partial charge in [-0.1, -0.05) is 24.3 Å². The summed E-state index contributed by atoms with van der Waals surface area (Å²) in [6, 6.07) is 8.12. The van der Waals surface area contributed by atoms with Crippen molar-refractivity contribution in [3.8, 4) is 11.4 Å². The molecule has 0 aliphatic heterocycles. The van der Waals surface area contributed by atoms with Gasteiger partial charge in [-0.15, -0.1) is 0 Å². The van der Waals surface area contributed by atoms with Crippen molar-refractivity contribution in [2.75, 3.05) is 6.54 Å². The fraction of sp³-hybridized carbons (Fsp3) is 0.333. The van der Waals surface area contributed by atoms with Gasteiger partial charge in [-0.25, -0.2) is 4.98 Å². The van der Waals surface area contributed by atoms with Crippen LogP contribution in [-0.2, 0) is 13.5 Å². The maximum absolute atomic E-state index is 5.53. The van der Waals surface area contributed by atoms with E-state index in [0.29, 0.717) is 6.54 Å². The van der Waals surface area contributed by atoms with Crippen LogP contribution in [0.4, 0.5) is 0 Å². The highest BCUT2D eigenvalue weighted by atomic mass is 15.3. The highest BCUT2D eigenvalue weighted by molar-refractivity contribution is 5.59. The topological polar surface area (TPSA) is 56.7 Å². The predicted molar refractivity (Wildman–Crippen MR) is 63.9 cm³/mol. The van der Waals surface area contributed by atoms with Crippen molar-refractivity contribution in [2.45, 2.75) is 13.3 Å². The van der Waals surface area contributed by atoms with Crippen LogP contribution < -0.4 is 5.73 Å². The molecular weight excluding hydrogens is 200 g/mol. The lowest BCUT2D eigenvalue weighted by molar-refractivity contribution is 0.697. The molecule has 4 nitrogen and oxygen atoms in total. The monoisotopic (exact) mass is 216 g/mol. The molecule has 2 N–H and O–H groups in total. The molecule has 0 saturated heterocycles. The summed E-state index contributed by atoms with van der Waals surface area (Å²) >= 11 is 0. The lowest BCUT2D eigenvalue weighted by atomic mass is 10.1. The summed E-state index contributed by atoms with van der Waals surface area (Å²) in [5.74, 6) is 1.71. The molecule has 84 valence electrons. The van der Waals surface area contributed by atoms with Gasteiger partial charge in [-0.05, 0) is 19.0 Å². The minimum Gasteiger partial charge on any atom is -0.330 e. The SMILES string of the molecule is Cc1ccccc1-c1nc(CCN)n(C)n1. The number of benzene rings is 1. The van der Waals surface area contributed by atoms with Crippen molar-refractivity contribution in [3.63, 3.8) is 0 Å². The third-order valence-corrected chi connectivity index (χ3v) is 2.61. The molecule has 2 aromatic rings. The van der Waals surface area contributed by atoms with Crippen molar-refractivity contribution < 1.29 is 0 Å². The van der Waals surface area contributed by atoms with Crippen molar-refractivity contribution in [1.29, 1.82) is 0 Å². The summed E-state index contributed by atoms with van der Waals surface area (Å²) in [7, 11) is 1.90. The molecule has 2 rings (SSSR count). The van der Waals surface area contributed by atoms with E-state index in [1.54, 1.807) is 4.68 Å². The zero-order valence-electron chi connectivity index (χ0n) is 9.64. The molecule has 1 aromatic carbocycles. The molecule has 0 amide bonds. The predicted octanol–water partition coefficient (Wildman–Crippen LogP) is 1.29. The smallest absolute Gasteiger partial charge is 0.181 e. The third-order valence-electron chi connectivity index (χ3n) is 2.61. The zero-order valence-corrected chi connectivity index (χ0v) is 9.64. The number of nitrogens with zero attached hydrogens (tertiary/aromatic N) is 3. The molecule has 0 spiro atoms. The average molecular weight is 216 g/mol. The minimum absolute atomic E-state index is 0.597. The number of aryl methyl sites for hydroxylation is 2. The third kappa shape index (κ3) is 1.97. The van der Waals surface area contributed by atoms with E-state index in [0.717, 1.165) is 23.6 Å². The van der Waals surface area contributed by atoms with E-state index in [9.17, 15) is 0 Å². The van der Waals surface area contributed by atoms with Gasteiger partial charge >= 0.3 is 0 Å². The Balaban J connectivity index is 2.42.